The van der Waals surface area contributed by atoms with Crippen molar-refractivity contribution in [3.05, 3.63) is 56.2 Å². The molecule has 1 aromatic carbocycles. The summed E-state index contributed by atoms with van der Waals surface area (Å²) in [4.78, 5) is 12.7. The van der Waals surface area contributed by atoms with Gasteiger partial charge in [0.15, 0.2) is 0 Å². The predicted octanol–water partition coefficient (Wildman–Crippen LogP) is 4.35. The number of thiophene rings is 1. The monoisotopic (exact) mass is 343 g/mol. The van der Waals surface area contributed by atoms with Crippen molar-refractivity contribution in [2.24, 2.45) is 0 Å². The summed E-state index contributed by atoms with van der Waals surface area (Å²) in [5.41, 5.74) is 0.253. The smallest absolute Gasteiger partial charge is 0.261 e. The Labute approximate surface area is 137 Å². The number of hydrogen-bond donors (Lipinski definition) is 1. The number of methoxy groups -OCH3 is 1. The second-order valence-electron chi connectivity index (χ2n) is 4.73. The average molecular weight is 344 g/mol. The molecule has 0 saturated heterocycles. The Balaban J connectivity index is 2.10. The fourth-order valence-corrected chi connectivity index (χ4v) is 3.03. The number of benzene rings is 1. The van der Waals surface area contributed by atoms with Crippen molar-refractivity contribution in [3.8, 4) is 0 Å². The lowest BCUT2D eigenvalue weighted by atomic mass is 9.95. The molecule has 2 rings (SSSR count). The van der Waals surface area contributed by atoms with Crippen molar-refractivity contribution in [2.45, 2.75) is 12.5 Å². The van der Waals surface area contributed by atoms with Crippen LogP contribution in [0.5, 0.6) is 0 Å². The van der Waals surface area contributed by atoms with Crippen LogP contribution >= 0.6 is 34.5 Å². The van der Waals surface area contributed by atoms with E-state index < -0.39 is 5.60 Å². The molecule has 1 atom stereocenters. The first-order chi connectivity index (χ1) is 9.94. The number of ether oxygens (including phenoxy) is 1. The lowest BCUT2D eigenvalue weighted by molar-refractivity contribution is 0.00319. The minimum absolute atomic E-state index is 0.169. The first-order valence-corrected chi connectivity index (χ1v) is 7.86. The van der Waals surface area contributed by atoms with Gasteiger partial charge < -0.3 is 10.1 Å². The molecule has 1 N–H and O–H groups in total. The minimum Gasteiger partial charge on any atom is -0.372 e. The molecule has 1 unspecified atom stereocenters. The Hall–Kier alpha value is -1.07. The second-order valence-corrected chi connectivity index (χ2v) is 6.88. The molecule has 1 aromatic heterocycles. The molecule has 1 heterocycles. The van der Waals surface area contributed by atoms with Gasteiger partial charge in [0.2, 0.25) is 0 Å². The van der Waals surface area contributed by atoms with Crippen LogP contribution in [-0.4, -0.2) is 19.6 Å². The quantitative estimate of drug-likeness (QED) is 0.876. The van der Waals surface area contributed by atoms with E-state index in [4.69, 9.17) is 27.9 Å². The molecule has 0 radical (unpaired) electrons. The maximum absolute atomic E-state index is 12.1. The molecule has 0 saturated carbocycles. The number of amides is 1. The van der Waals surface area contributed by atoms with Crippen LogP contribution in [-0.2, 0) is 10.3 Å². The fraction of sp³-hybridized carbons (Fsp3) is 0.267. The Morgan fingerprint density at radius 2 is 2.10 bits per heavy atom. The van der Waals surface area contributed by atoms with E-state index in [0.29, 0.717) is 20.8 Å². The highest BCUT2D eigenvalue weighted by Crippen LogP contribution is 2.27. The second kappa shape index (κ2) is 6.79. The molecule has 21 heavy (non-hydrogen) atoms. The number of rotatable bonds is 5. The van der Waals surface area contributed by atoms with E-state index in [1.807, 2.05) is 25.1 Å². The van der Waals surface area contributed by atoms with Crippen LogP contribution < -0.4 is 5.32 Å². The van der Waals surface area contributed by atoms with E-state index in [9.17, 15) is 4.79 Å². The number of carbonyl (C=O) groups is 1. The number of hydrogen-bond acceptors (Lipinski definition) is 3. The molecule has 2 aromatic rings. The van der Waals surface area contributed by atoms with Gasteiger partial charge in [-0.1, -0.05) is 35.3 Å². The van der Waals surface area contributed by atoms with Crippen molar-refractivity contribution in [2.75, 3.05) is 13.7 Å². The standard InChI is InChI=1S/C15H15Cl2NO2S/c1-15(20-2,10-4-3-5-11(16)8-10)9-18-14(19)12-6-7-13(17)21-12/h3-8H,9H2,1-2H3,(H,18,19). The maximum atomic E-state index is 12.1. The van der Waals surface area contributed by atoms with Gasteiger partial charge in [0.25, 0.3) is 5.91 Å². The van der Waals surface area contributed by atoms with Crippen molar-refractivity contribution in [1.29, 1.82) is 0 Å². The largest absolute Gasteiger partial charge is 0.372 e. The Kier molecular flexibility index (Phi) is 5.27. The Morgan fingerprint density at radius 1 is 1.33 bits per heavy atom. The van der Waals surface area contributed by atoms with Crippen molar-refractivity contribution < 1.29 is 9.53 Å². The van der Waals surface area contributed by atoms with Gasteiger partial charge in [-0.3, -0.25) is 4.79 Å². The summed E-state index contributed by atoms with van der Waals surface area (Å²) in [7, 11) is 1.61. The highest BCUT2D eigenvalue weighted by Gasteiger charge is 2.27. The van der Waals surface area contributed by atoms with Gasteiger partial charge in [-0.15, -0.1) is 11.3 Å². The zero-order valence-corrected chi connectivity index (χ0v) is 14.0. The molecular weight excluding hydrogens is 329 g/mol. The van der Waals surface area contributed by atoms with Crippen LogP contribution in [0.3, 0.4) is 0 Å². The van der Waals surface area contributed by atoms with Gasteiger partial charge >= 0.3 is 0 Å². The molecular formula is C15H15Cl2NO2S. The fourth-order valence-electron chi connectivity index (χ4n) is 1.88. The normalized spacial score (nSPS) is 13.7. The van der Waals surface area contributed by atoms with Crippen LogP contribution in [0.25, 0.3) is 0 Å². The van der Waals surface area contributed by atoms with Gasteiger partial charge in [0.1, 0.15) is 5.60 Å². The molecule has 6 heteroatoms. The van der Waals surface area contributed by atoms with Gasteiger partial charge in [-0.25, -0.2) is 0 Å². The van der Waals surface area contributed by atoms with Gasteiger partial charge in [-0.2, -0.15) is 0 Å². The Morgan fingerprint density at radius 3 is 2.67 bits per heavy atom. The van der Waals surface area contributed by atoms with Crippen LogP contribution in [0.15, 0.2) is 36.4 Å². The van der Waals surface area contributed by atoms with Crippen LogP contribution in [0.1, 0.15) is 22.2 Å². The maximum Gasteiger partial charge on any atom is 0.261 e. The molecule has 0 aliphatic carbocycles. The van der Waals surface area contributed by atoms with Crippen LogP contribution in [0.4, 0.5) is 0 Å². The predicted molar refractivity (Wildman–Crippen MR) is 87.5 cm³/mol. The van der Waals surface area contributed by atoms with Crippen molar-refractivity contribution >= 4 is 40.4 Å². The first-order valence-electron chi connectivity index (χ1n) is 6.29. The lowest BCUT2D eigenvalue weighted by Gasteiger charge is -2.29. The zero-order valence-electron chi connectivity index (χ0n) is 11.7. The highest BCUT2D eigenvalue weighted by molar-refractivity contribution is 7.17. The van der Waals surface area contributed by atoms with E-state index in [2.05, 4.69) is 5.32 Å². The van der Waals surface area contributed by atoms with E-state index in [1.54, 1.807) is 25.3 Å². The topological polar surface area (TPSA) is 38.3 Å². The molecule has 1 amide bonds. The molecule has 0 aliphatic heterocycles. The first kappa shape index (κ1) is 16.3. The van der Waals surface area contributed by atoms with Crippen LogP contribution in [0, 0.1) is 0 Å². The number of carbonyl (C=O) groups excluding carboxylic acids is 1. The van der Waals surface area contributed by atoms with E-state index in [-0.39, 0.29) is 5.91 Å². The minimum atomic E-state index is -0.651. The molecule has 0 fully saturated rings. The average Bonchev–Trinajstić information content (AvgIpc) is 2.91. The zero-order chi connectivity index (χ0) is 15.5. The summed E-state index contributed by atoms with van der Waals surface area (Å²) in [5.74, 6) is -0.169. The summed E-state index contributed by atoms with van der Waals surface area (Å²) >= 11 is 13.1. The van der Waals surface area contributed by atoms with Gasteiger partial charge in [0, 0.05) is 12.1 Å². The molecule has 112 valence electrons. The summed E-state index contributed by atoms with van der Waals surface area (Å²) in [5, 5.41) is 3.50. The van der Waals surface area contributed by atoms with E-state index in [1.165, 1.54) is 11.3 Å². The highest BCUT2D eigenvalue weighted by atomic mass is 35.5. The van der Waals surface area contributed by atoms with Crippen molar-refractivity contribution in [1.82, 2.24) is 5.32 Å². The summed E-state index contributed by atoms with van der Waals surface area (Å²) in [6.45, 7) is 2.23. The van der Waals surface area contributed by atoms with Gasteiger partial charge in [-0.05, 0) is 36.8 Å². The number of halogens is 2. The van der Waals surface area contributed by atoms with Crippen molar-refractivity contribution in [3.63, 3.8) is 0 Å². The SMILES string of the molecule is COC(C)(CNC(=O)c1ccc(Cl)s1)c1cccc(Cl)c1. The summed E-state index contributed by atoms with van der Waals surface area (Å²) < 4.78 is 6.16. The summed E-state index contributed by atoms with van der Waals surface area (Å²) in [6, 6.07) is 10.8. The van der Waals surface area contributed by atoms with E-state index >= 15 is 0 Å². The third-order valence-electron chi connectivity index (χ3n) is 3.27. The number of nitrogens with one attached hydrogen (secondary N) is 1. The van der Waals surface area contributed by atoms with Crippen LogP contribution in [0.2, 0.25) is 9.36 Å². The molecule has 0 bridgehead atoms. The Bertz CT molecular complexity index is 644. The molecule has 0 spiro atoms. The molecule has 0 aliphatic rings. The van der Waals surface area contributed by atoms with E-state index in [0.717, 1.165) is 5.56 Å². The molecule has 3 nitrogen and oxygen atoms in total. The third-order valence-corrected chi connectivity index (χ3v) is 4.73. The summed E-state index contributed by atoms with van der Waals surface area (Å²) in [6.07, 6.45) is 0. The third kappa shape index (κ3) is 3.98. The lowest BCUT2D eigenvalue weighted by Crippen LogP contribution is -2.39. The van der Waals surface area contributed by atoms with Gasteiger partial charge in [0.05, 0.1) is 15.8 Å².